The highest BCUT2D eigenvalue weighted by Gasteiger charge is 1.99. The number of thiazole rings is 1. The van der Waals surface area contributed by atoms with Gasteiger partial charge in [0.05, 0.1) is 5.01 Å². The van der Waals surface area contributed by atoms with Crippen molar-refractivity contribution in [3.63, 3.8) is 0 Å². The number of hydrogen-bond donors (Lipinski definition) is 1. The van der Waals surface area contributed by atoms with Crippen molar-refractivity contribution in [2.75, 3.05) is 18.6 Å². The molecule has 0 spiro atoms. The van der Waals surface area contributed by atoms with Crippen molar-refractivity contribution in [2.45, 2.75) is 26.3 Å². The van der Waals surface area contributed by atoms with E-state index in [1.54, 1.807) is 17.6 Å². The molecule has 0 saturated carbocycles. The summed E-state index contributed by atoms with van der Waals surface area (Å²) >= 11 is 1.76. The van der Waals surface area contributed by atoms with Gasteiger partial charge in [0, 0.05) is 40.4 Å². The van der Waals surface area contributed by atoms with E-state index in [1.807, 2.05) is 6.20 Å². The van der Waals surface area contributed by atoms with Crippen LogP contribution in [0.3, 0.4) is 0 Å². The zero-order chi connectivity index (χ0) is 11.1. The lowest BCUT2D eigenvalue weighted by Gasteiger charge is -2.00. The number of hydrogen-bond acceptors (Lipinski definition) is 4. The molecule has 0 saturated heterocycles. The monoisotopic (exact) mass is 246 g/mol. The van der Waals surface area contributed by atoms with Crippen molar-refractivity contribution in [3.05, 3.63) is 16.1 Å². The van der Waals surface area contributed by atoms with Gasteiger partial charge in [-0.1, -0.05) is 6.92 Å². The molecule has 0 amide bonds. The second-order valence-corrected chi connectivity index (χ2v) is 6.14. The standard InChI is InChI=1S/C10H18N2OS2/c1-3-10-12-8-9(14-10)7-11-5-4-6-15(2)13/h8,11H,3-7H2,1-2H3. The van der Waals surface area contributed by atoms with Crippen molar-refractivity contribution in [2.24, 2.45) is 0 Å². The minimum atomic E-state index is -0.661. The normalized spacial score (nSPS) is 12.9. The number of aromatic nitrogens is 1. The topological polar surface area (TPSA) is 42.0 Å². The molecule has 1 unspecified atom stereocenters. The first-order valence-corrected chi connectivity index (χ1v) is 7.71. The van der Waals surface area contributed by atoms with E-state index in [-0.39, 0.29) is 0 Å². The van der Waals surface area contributed by atoms with Gasteiger partial charge in [-0.25, -0.2) is 4.98 Å². The average molecular weight is 246 g/mol. The Morgan fingerprint density at radius 3 is 3.00 bits per heavy atom. The van der Waals surface area contributed by atoms with Crippen LogP contribution in [0.15, 0.2) is 6.20 Å². The molecule has 3 nitrogen and oxygen atoms in total. The molecule has 1 atom stereocenters. The lowest BCUT2D eigenvalue weighted by molar-refractivity contribution is 0.665. The van der Waals surface area contributed by atoms with Crippen LogP contribution in [0.1, 0.15) is 23.2 Å². The van der Waals surface area contributed by atoms with Crippen LogP contribution in [-0.4, -0.2) is 27.7 Å². The molecule has 15 heavy (non-hydrogen) atoms. The fourth-order valence-electron chi connectivity index (χ4n) is 1.21. The minimum absolute atomic E-state index is 0.661. The highest BCUT2D eigenvalue weighted by Crippen LogP contribution is 2.12. The molecule has 5 heteroatoms. The van der Waals surface area contributed by atoms with Crippen LogP contribution in [0.25, 0.3) is 0 Å². The summed E-state index contributed by atoms with van der Waals surface area (Å²) in [6, 6.07) is 0. The molecule has 0 aromatic carbocycles. The highest BCUT2D eigenvalue weighted by molar-refractivity contribution is 7.84. The number of aryl methyl sites for hydroxylation is 1. The fourth-order valence-corrected chi connectivity index (χ4v) is 2.59. The molecule has 0 bridgehead atoms. The van der Waals surface area contributed by atoms with Gasteiger partial charge < -0.3 is 5.32 Å². The molecule has 0 radical (unpaired) electrons. The van der Waals surface area contributed by atoms with E-state index in [0.29, 0.717) is 0 Å². The van der Waals surface area contributed by atoms with E-state index in [2.05, 4.69) is 17.2 Å². The molecular weight excluding hydrogens is 228 g/mol. The predicted molar refractivity (Wildman–Crippen MR) is 66.7 cm³/mol. The molecule has 0 aliphatic carbocycles. The van der Waals surface area contributed by atoms with Gasteiger partial charge in [0.15, 0.2) is 0 Å². The first-order valence-electron chi connectivity index (χ1n) is 5.16. The first kappa shape index (κ1) is 12.8. The summed E-state index contributed by atoms with van der Waals surface area (Å²) in [5.74, 6) is 0.788. The van der Waals surface area contributed by atoms with Crippen LogP contribution in [0, 0.1) is 0 Å². The molecule has 0 aliphatic heterocycles. The molecule has 1 heterocycles. The molecular formula is C10H18N2OS2. The van der Waals surface area contributed by atoms with Gasteiger partial charge in [-0.3, -0.25) is 4.21 Å². The summed E-state index contributed by atoms with van der Waals surface area (Å²) < 4.78 is 10.8. The number of nitrogens with zero attached hydrogens (tertiary/aromatic N) is 1. The Labute approximate surface area is 97.8 Å². The van der Waals surface area contributed by atoms with Crippen molar-refractivity contribution < 1.29 is 4.21 Å². The van der Waals surface area contributed by atoms with Crippen LogP contribution >= 0.6 is 11.3 Å². The Kier molecular flexibility index (Phi) is 6.05. The van der Waals surface area contributed by atoms with Crippen LogP contribution in [0.2, 0.25) is 0 Å². The smallest absolute Gasteiger partial charge is 0.0925 e. The van der Waals surface area contributed by atoms with Gasteiger partial charge in [-0.15, -0.1) is 11.3 Å². The molecule has 1 aromatic rings. The summed E-state index contributed by atoms with van der Waals surface area (Å²) in [6.07, 6.45) is 5.67. The van der Waals surface area contributed by atoms with E-state index in [1.165, 1.54) is 9.88 Å². The summed E-state index contributed by atoms with van der Waals surface area (Å²) in [5, 5.41) is 4.53. The summed E-state index contributed by atoms with van der Waals surface area (Å²) in [6.45, 7) is 3.93. The van der Waals surface area contributed by atoms with Gasteiger partial charge in [0.25, 0.3) is 0 Å². The summed E-state index contributed by atoms with van der Waals surface area (Å²) in [4.78, 5) is 5.57. The van der Waals surface area contributed by atoms with E-state index < -0.39 is 10.8 Å². The maximum absolute atomic E-state index is 10.8. The van der Waals surface area contributed by atoms with Crippen molar-refractivity contribution >= 4 is 22.1 Å². The maximum Gasteiger partial charge on any atom is 0.0925 e. The fraction of sp³-hybridized carbons (Fsp3) is 0.700. The number of rotatable bonds is 7. The Hall–Kier alpha value is -0.260. The lowest BCUT2D eigenvalue weighted by atomic mass is 10.4. The maximum atomic E-state index is 10.8. The van der Waals surface area contributed by atoms with Gasteiger partial charge >= 0.3 is 0 Å². The third kappa shape index (κ3) is 5.39. The second-order valence-electron chi connectivity index (χ2n) is 3.38. The third-order valence-electron chi connectivity index (χ3n) is 1.99. The van der Waals surface area contributed by atoms with Gasteiger partial charge in [0.2, 0.25) is 0 Å². The predicted octanol–water partition coefficient (Wildman–Crippen LogP) is 1.56. The number of nitrogens with one attached hydrogen (secondary N) is 1. The van der Waals surface area contributed by atoms with Gasteiger partial charge in [0.1, 0.15) is 0 Å². The molecule has 1 aromatic heterocycles. The lowest BCUT2D eigenvalue weighted by Crippen LogP contribution is -2.15. The Bertz CT molecular complexity index is 312. The summed E-state index contributed by atoms with van der Waals surface area (Å²) in [5.41, 5.74) is 0. The van der Waals surface area contributed by atoms with E-state index in [9.17, 15) is 4.21 Å². The first-order chi connectivity index (χ1) is 7.22. The van der Waals surface area contributed by atoms with Crippen LogP contribution in [0.5, 0.6) is 0 Å². The molecule has 86 valence electrons. The van der Waals surface area contributed by atoms with Crippen LogP contribution in [-0.2, 0) is 23.8 Å². The van der Waals surface area contributed by atoms with E-state index in [0.717, 1.165) is 31.7 Å². The third-order valence-corrected chi connectivity index (χ3v) is 3.99. The molecule has 0 aliphatic rings. The zero-order valence-corrected chi connectivity index (χ0v) is 10.9. The molecule has 0 fully saturated rings. The summed E-state index contributed by atoms with van der Waals surface area (Å²) in [7, 11) is -0.661. The molecule has 1 N–H and O–H groups in total. The van der Waals surface area contributed by atoms with Gasteiger partial charge in [-0.2, -0.15) is 0 Å². The van der Waals surface area contributed by atoms with Crippen molar-refractivity contribution in [1.29, 1.82) is 0 Å². The van der Waals surface area contributed by atoms with Crippen LogP contribution < -0.4 is 5.32 Å². The second kappa shape index (κ2) is 7.09. The minimum Gasteiger partial charge on any atom is -0.312 e. The van der Waals surface area contributed by atoms with E-state index in [4.69, 9.17) is 0 Å². The average Bonchev–Trinajstić information content (AvgIpc) is 2.65. The quantitative estimate of drug-likeness (QED) is 0.743. The van der Waals surface area contributed by atoms with Gasteiger partial charge in [-0.05, 0) is 19.4 Å². The Balaban J connectivity index is 2.12. The highest BCUT2D eigenvalue weighted by atomic mass is 32.2. The Morgan fingerprint density at radius 1 is 1.60 bits per heavy atom. The largest absolute Gasteiger partial charge is 0.312 e. The SMILES string of the molecule is CCc1ncc(CNCCCS(C)=O)s1. The zero-order valence-electron chi connectivity index (χ0n) is 9.28. The van der Waals surface area contributed by atoms with Crippen molar-refractivity contribution in [1.82, 2.24) is 10.3 Å². The van der Waals surface area contributed by atoms with Crippen LogP contribution in [0.4, 0.5) is 0 Å². The van der Waals surface area contributed by atoms with E-state index >= 15 is 0 Å². The van der Waals surface area contributed by atoms with Crippen molar-refractivity contribution in [3.8, 4) is 0 Å². The molecule has 1 rings (SSSR count). The Morgan fingerprint density at radius 2 is 2.40 bits per heavy atom.